The van der Waals surface area contributed by atoms with Gasteiger partial charge in [0.05, 0.1) is 5.69 Å². The van der Waals surface area contributed by atoms with Crippen molar-refractivity contribution in [3.63, 3.8) is 0 Å². The van der Waals surface area contributed by atoms with E-state index in [0.29, 0.717) is 0 Å². The summed E-state index contributed by atoms with van der Waals surface area (Å²) in [6.07, 6.45) is 2.27. The summed E-state index contributed by atoms with van der Waals surface area (Å²) >= 11 is 3.49. The SMILES string of the molecule is CCCN(CCC)c1cccc(-c2ccc(-c3ccc(Br)cc3)cc2)n1. The van der Waals surface area contributed by atoms with E-state index >= 15 is 0 Å². The summed E-state index contributed by atoms with van der Waals surface area (Å²) in [7, 11) is 0. The highest BCUT2D eigenvalue weighted by molar-refractivity contribution is 9.10. The molecule has 0 saturated heterocycles. The monoisotopic (exact) mass is 408 g/mol. The van der Waals surface area contributed by atoms with E-state index in [-0.39, 0.29) is 0 Å². The minimum atomic E-state index is 1.03. The van der Waals surface area contributed by atoms with E-state index in [0.717, 1.165) is 47.5 Å². The van der Waals surface area contributed by atoms with E-state index < -0.39 is 0 Å². The Morgan fingerprint density at radius 2 is 1.27 bits per heavy atom. The Kier molecular flexibility index (Phi) is 6.45. The smallest absolute Gasteiger partial charge is 0.129 e. The van der Waals surface area contributed by atoms with Gasteiger partial charge in [-0.3, -0.25) is 0 Å². The molecule has 2 aromatic carbocycles. The lowest BCUT2D eigenvalue weighted by molar-refractivity contribution is 0.735. The molecule has 2 nitrogen and oxygen atoms in total. The van der Waals surface area contributed by atoms with Crippen molar-refractivity contribution in [2.24, 2.45) is 0 Å². The minimum absolute atomic E-state index is 1.03. The molecule has 0 atom stereocenters. The lowest BCUT2D eigenvalue weighted by atomic mass is 10.0. The van der Waals surface area contributed by atoms with Gasteiger partial charge in [-0.15, -0.1) is 0 Å². The fourth-order valence-corrected chi connectivity index (χ4v) is 3.38. The van der Waals surface area contributed by atoms with Crippen LogP contribution in [0.3, 0.4) is 0 Å². The quantitative estimate of drug-likeness (QED) is 0.426. The number of rotatable bonds is 7. The van der Waals surface area contributed by atoms with Gasteiger partial charge in [-0.25, -0.2) is 4.98 Å². The van der Waals surface area contributed by atoms with Crippen molar-refractivity contribution in [2.45, 2.75) is 26.7 Å². The Hall–Kier alpha value is -2.13. The standard InChI is InChI=1S/C23H25BrN2/c1-3-16-26(17-4-2)23-7-5-6-22(25-23)20-10-8-18(9-11-20)19-12-14-21(24)15-13-19/h5-15H,3-4,16-17H2,1-2H3. The highest BCUT2D eigenvalue weighted by atomic mass is 79.9. The summed E-state index contributed by atoms with van der Waals surface area (Å²) in [5.41, 5.74) is 4.62. The van der Waals surface area contributed by atoms with Crippen molar-refractivity contribution < 1.29 is 0 Å². The first-order valence-corrected chi connectivity index (χ1v) is 10.1. The summed E-state index contributed by atoms with van der Waals surface area (Å²) in [5.74, 6) is 1.07. The molecule has 1 aromatic heterocycles. The van der Waals surface area contributed by atoms with Crippen molar-refractivity contribution in [2.75, 3.05) is 18.0 Å². The number of pyridine rings is 1. The summed E-state index contributed by atoms with van der Waals surface area (Å²) < 4.78 is 1.10. The molecular formula is C23H25BrN2. The first kappa shape index (κ1) is 18.7. The average molecular weight is 409 g/mol. The lowest BCUT2D eigenvalue weighted by Gasteiger charge is -2.23. The Morgan fingerprint density at radius 3 is 1.85 bits per heavy atom. The fraction of sp³-hybridized carbons (Fsp3) is 0.261. The van der Waals surface area contributed by atoms with Gasteiger partial charge in [-0.2, -0.15) is 0 Å². The van der Waals surface area contributed by atoms with Crippen molar-refractivity contribution in [3.05, 3.63) is 71.2 Å². The molecule has 134 valence electrons. The number of anilines is 1. The van der Waals surface area contributed by atoms with Crippen LogP contribution in [0.15, 0.2) is 71.2 Å². The number of hydrogen-bond donors (Lipinski definition) is 0. The zero-order valence-electron chi connectivity index (χ0n) is 15.5. The van der Waals surface area contributed by atoms with Gasteiger partial charge >= 0.3 is 0 Å². The maximum Gasteiger partial charge on any atom is 0.129 e. The molecule has 0 fully saturated rings. The molecule has 0 radical (unpaired) electrons. The molecular weight excluding hydrogens is 384 g/mol. The highest BCUT2D eigenvalue weighted by Gasteiger charge is 2.08. The van der Waals surface area contributed by atoms with Crippen LogP contribution >= 0.6 is 15.9 Å². The Morgan fingerprint density at radius 1 is 0.731 bits per heavy atom. The molecule has 3 rings (SSSR count). The van der Waals surface area contributed by atoms with Gasteiger partial charge in [-0.05, 0) is 48.2 Å². The van der Waals surface area contributed by atoms with Crippen molar-refractivity contribution in [1.82, 2.24) is 4.98 Å². The first-order chi connectivity index (χ1) is 12.7. The van der Waals surface area contributed by atoms with Gasteiger partial charge in [0.1, 0.15) is 5.82 Å². The van der Waals surface area contributed by atoms with E-state index in [2.05, 4.69) is 101 Å². The second kappa shape index (κ2) is 9.00. The molecule has 0 saturated carbocycles. The van der Waals surface area contributed by atoms with Gasteiger partial charge in [0.15, 0.2) is 0 Å². The van der Waals surface area contributed by atoms with Crippen molar-refractivity contribution in [1.29, 1.82) is 0 Å². The largest absolute Gasteiger partial charge is 0.357 e. The molecule has 0 N–H and O–H groups in total. The van der Waals surface area contributed by atoms with Crippen LogP contribution in [0.1, 0.15) is 26.7 Å². The molecule has 26 heavy (non-hydrogen) atoms. The summed E-state index contributed by atoms with van der Waals surface area (Å²) in [6, 6.07) is 23.4. The first-order valence-electron chi connectivity index (χ1n) is 9.29. The van der Waals surface area contributed by atoms with E-state index in [9.17, 15) is 0 Å². The zero-order valence-corrected chi connectivity index (χ0v) is 17.0. The Bertz CT molecular complexity index is 820. The van der Waals surface area contributed by atoms with E-state index in [1.165, 1.54) is 11.1 Å². The Labute approximate surface area is 165 Å². The molecule has 1 heterocycles. The molecule has 0 aliphatic rings. The van der Waals surface area contributed by atoms with Crippen molar-refractivity contribution in [3.8, 4) is 22.4 Å². The highest BCUT2D eigenvalue weighted by Crippen LogP contribution is 2.26. The van der Waals surface area contributed by atoms with Crippen LogP contribution in [0.4, 0.5) is 5.82 Å². The maximum absolute atomic E-state index is 4.91. The predicted molar refractivity (Wildman–Crippen MR) is 116 cm³/mol. The predicted octanol–water partition coefficient (Wildman–Crippen LogP) is 6.80. The second-order valence-electron chi connectivity index (χ2n) is 6.45. The molecule has 3 heteroatoms. The maximum atomic E-state index is 4.91. The van der Waals surface area contributed by atoms with Crippen molar-refractivity contribution >= 4 is 21.7 Å². The third-order valence-corrected chi connectivity index (χ3v) is 4.93. The number of aromatic nitrogens is 1. The lowest BCUT2D eigenvalue weighted by Crippen LogP contribution is -2.25. The van der Waals surface area contributed by atoms with E-state index in [1.807, 2.05) is 0 Å². The van der Waals surface area contributed by atoms with E-state index in [4.69, 9.17) is 4.98 Å². The molecule has 0 aliphatic carbocycles. The molecule has 0 spiro atoms. The summed E-state index contributed by atoms with van der Waals surface area (Å²) in [6.45, 7) is 6.53. The third-order valence-electron chi connectivity index (χ3n) is 4.40. The number of nitrogens with zero attached hydrogens (tertiary/aromatic N) is 2. The zero-order chi connectivity index (χ0) is 18.4. The molecule has 3 aromatic rings. The van der Waals surface area contributed by atoms with Crippen LogP contribution in [-0.2, 0) is 0 Å². The molecule has 0 aliphatic heterocycles. The van der Waals surface area contributed by atoms with Crippen LogP contribution in [-0.4, -0.2) is 18.1 Å². The summed E-state index contributed by atoms with van der Waals surface area (Å²) in [5, 5.41) is 0. The number of benzene rings is 2. The van der Waals surface area contributed by atoms with Gasteiger partial charge < -0.3 is 4.90 Å². The second-order valence-corrected chi connectivity index (χ2v) is 7.37. The van der Waals surface area contributed by atoms with Gasteiger partial charge in [-0.1, -0.05) is 72.2 Å². The van der Waals surface area contributed by atoms with Gasteiger partial charge in [0, 0.05) is 23.1 Å². The number of hydrogen-bond acceptors (Lipinski definition) is 2. The molecule has 0 bridgehead atoms. The van der Waals surface area contributed by atoms with Crippen LogP contribution in [0.2, 0.25) is 0 Å². The normalized spacial score (nSPS) is 10.7. The van der Waals surface area contributed by atoms with Crippen LogP contribution in [0.25, 0.3) is 22.4 Å². The topological polar surface area (TPSA) is 16.1 Å². The fourth-order valence-electron chi connectivity index (χ4n) is 3.12. The van der Waals surface area contributed by atoms with Gasteiger partial charge in [0.2, 0.25) is 0 Å². The molecule has 0 unspecified atom stereocenters. The van der Waals surface area contributed by atoms with Gasteiger partial charge in [0.25, 0.3) is 0 Å². The van der Waals surface area contributed by atoms with Crippen LogP contribution < -0.4 is 4.90 Å². The van der Waals surface area contributed by atoms with Crippen LogP contribution in [0, 0.1) is 0 Å². The summed E-state index contributed by atoms with van der Waals surface area (Å²) in [4.78, 5) is 7.29. The average Bonchev–Trinajstić information content (AvgIpc) is 2.69. The van der Waals surface area contributed by atoms with Crippen LogP contribution in [0.5, 0.6) is 0 Å². The third kappa shape index (κ3) is 4.53. The minimum Gasteiger partial charge on any atom is -0.357 e. The molecule has 0 amide bonds. The van der Waals surface area contributed by atoms with E-state index in [1.54, 1.807) is 0 Å². The number of halogens is 1. The Balaban J connectivity index is 1.85.